The Morgan fingerprint density at radius 3 is 2.33 bits per heavy atom. The lowest BCUT2D eigenvalue weighted by molar-refractivity contribution is -0.137. The van der Waals surface area contributed by atoms with Gasteiger partial charge in [0, 0.05) is 20.1 Å². The Bertz CT molecular complexity index is 595. The van der Waals surface area contributed by atoms with Crippen molar-refractivity contribution in [2.75, 3.05) is 26.7 Å². The zero-order valence-corrected chi connectivity index (χ0v) is 12.0. The fourth-order valence-corrected chi connectivity index (χ4v) is 2.34. The summed E-state index contributed by atoms with van der Waals surface area (Å²) in [6, 6.07) is 5.44. The topological polar surface area (TPSA) is 60.9 Å². The summed E-state index contributed by atoms with van der Waals surface area (Å²) < 4.78 is 13.0. The van der Waals surface area contributed by atoms with Gasteiger partial charge in [0.05, 0.1) is 12.2 Å². The third kappa shape index (κ3) is 2.67. The third-order valence-electron chi connectivity index (χ3n) is 3.41. The SMILES string of the molecule is CCN1C(=O)C(c2ccc(F)cc2)=C(N(C)CCO)C1=O. The largest absolute Gasteiger partial charge is 0.395 e. The van der Waals surface area contributed by atoms with E-state index in [2.05, 4.69) is 0 Å². The number of hydrogen-bond donors (Lipinski definition) is 1. The first-order valence-corrected chi connectivity index (χ1v) is 6.69. The van der Waals surface area contributed by atoms with Gasteiger partial charge in [-0.15, -0.1) is 0 Å². The molecule has 21 heavy (non-hydrogen) atoms. The first-order valence-electron chi connectivity index (χ1n) is 6.69. The lowest BCUT2D eigenvalue weighted by Crippen LogP contribution is -2.34. The van der Waals surface area contributed by atoms with E-state index in [1.165, 1.54) is 24.3 Å². The quantitative estimate of drug-likeness (QED) is 0.817. The van der Waals surface area contributed by atoms with Crippen LogP contribution in [0.1, 0.15) is 12.5 Å². The van der Waals surface area contributed by atoms with Gasteiger partial charge in [-0.3, -0.25) is 14.5 Å². The van der Waals surface area contributed by atoms with Crippen LogP contribution in [0.4, 0.5) is 4.39 Å². The maximum Gasteiger partial charge on any atom is 0.277 e. The number of nitrogens with zero attached hydrogens (tertiary/aromatic N) is 2. The van der Waals surface area contributed by atoms with E-state index in [1.54, 1.807) is 18.9 Å². The molecule has 1 aromatic carbocycles. The van der Waals surface area contributed by atoms with Gasteiger partial charge in [-0.2, -0.15) is 0 Å². The molecule has 2 amide bonds. The Morgan fingerprint density at radius 1 is 1.19 bits per heavy atom. The van der Waals surface area contributed by atoms with Crippen LogP contribution in [0.5, 0.6) is 0 Å². The molecule has 0 atom stereocenters. The number of amides is 2. The van der Waals surface area contributed by atoms with Gasteiger partial charge in [-0.25, -0.2) is 4.39 Å². The fourth-order valence-electron chi connectivity index (χ4n) is 2.34. The van der Waals surface area contributed by atoms with Crippen molar-refractivity contribution in [3.63, 3.8) is 0 Å². The van der Waals surface area contributed by atoms with Crippen LogP contribution in [0, 0.1) is 5.82 Å². The molecule has 0 fully saturated rings. The second kappa shape index (κ2) is 6.05. The molecule has 6 heteroatoms. The molecule has 1 N–H and O–H groups in total. The zero-order chi connectivity index (χ0) is 15.6. The highest BCUT2D eigenvalue weighted by Crippen LogP contribution is 2.30. The summed E-state index contributed by atoms with van der Waals surface area (Å²) in [4.78, 5) is 27.5. The number of halogens is 1. The average Bonchev–Trinajstić information content (AvgIpc) is 2.71. The predicted octanol–water partition coefficient (Wildman–Crippen LogP) is 0.850. The second-order valence-electron chi connectivity index (χ2n) is 4.73. The number of likely N-dealkylation sites (N-methyl/N-ethyl adjacent to an activating group) is 2. The number of carbonyl (C=O) groups excluding carboxylic acids is 2. The first-order chi connectivity index (χ1) is 10.0. The van der Waals surface area contributed by atoms with Crippen LogP contribution in [0.3, 0.4) is 0 Å². The van der Waals surface area contributed by atoms with E-state index in [-0.39, 0.29) is 31.0 Å². The molecule has 2 rings (SSSR count). The van der Waals surface area contributed by atoms with Crippen LogP contribution < -0.4 is 0 Å². The Kier molecular flexibility index (Phi) is 4.37. The van der Waals surface area contributed by atoms with Crippen molar-refractivity contribution in [3.05, 3.63) is 41.3 Å². The van der Waals surface area contributed by atoms with Crippen LogP contribution in [-0.2, 0) is 9.59 Å². The van der Waals surface area contributed by atoms with Gasteiger partial charge in [0.25, 0.3) is 11.8 Å². The van der Waals surface area contributed by atoms with Crippen molar-refractivity contribution >= 4 is 17.4 Å². The smallest absolute Gasteiger partial charge is 0.277 e. The number of hydrogen-bond acceptors (Lipinski definition) is 4. The first kappa shape index (κ1) is 15.2. The van der Waals surface area contributed by atoms with Crippen LogP contribution >= 0.6 is 0 Å². The summed E-state index contributed by atoms with van der Waals surface area (Å²) >= 11 is 0. The monoisotopic (exact) mass is 292 g/mol. The molecule has 0 saturated heterocycles. The number of carbonyl (C=O) groups is 2. The van der Waals surface area contributed by atoms with Crippen molar-refractivity contribution in [2.45, 2.75) is 6.92 Å². The van der Waals surface area contributed by atoms with Crippen LogP contribution in [0.2, 0.25) is 0 Å². The van der Waals surface area contributed by atoms with E-state index >= 15 is 0 Å². The minimum absolute atomic E-state index is 0.135. The van der Waals surface area contributed by atoms with Gasteiger partial charge in [0.2, 0.25) is 0 Å². The van der Waals surface area contributed by atoms with E-state index in [4.69, 9.17) is 5.11 Å². The number of imide groups is 1. The van der Waals surface area contributed by atoms with Crippen molar-refractivity contribution in [1.29, 1.82) is 0 Å². The van der Waals surface area contributed by atoms with Crippen molar-refractivity contribution in [3.8, 4) is 0 Å². The van der Waals surface area contributed by atoms with E-state index in [1.807, 2.05) is 0 Å². The van der Waals surface area contributed by atoms with Crippen LogP contribution in [-0.4, -0.2) is 53.5 Å². The molecule has 0 aliphatic carbocycles. The summed E-state index contributed by atoms with van der Waals surface area (Å²) in [6.45, 7) is 2.08. The van der Waals surface area contributed by atoms with Gasteiger partial charge in [-0.1, -0.05) is 12.1 Å². The molecular formula is C15H17FN2O3. The average molecular weight is 292 g/mol. The number of aliphatic hydroxyl groups is 1. The molecule has 0 radical (unpaired) electrons. The van der Waals surface area contributed by atoms with Gasteiger partial charge < -0.3 is 10.0 Å². The van der Waals surface area contributed by atoms with Crippen molar-refractivity contribution < 1.29 is 19.1 Å². The van der Waals surface area contributed by atoms with Crippen molar-refractivity contribution in [2.24, 2.45) is 0 Å². The highest BCUT2D eigenvalue weighted by molar-refractivity contribution is 6.35. The molecule has 0 spiro atoms. The second-order valence-corrected chi connectivity index (χ2v) is 4.73. The maximum atomic E-state index is 13.0. The Hall–Kier alpha value is -2.21. The molecule has 0 bridgehead atoms. The summed E-state index contributed by atoms with van der Waals surface area (Å²) in [6.07, 6.45) is 0. The molecule has 1 aliphatic rings. The minimum Gasteiger partial charge on any atom is -0.395 e. The summed E-state index contributed by atoms with van der Waals surface area (Å²) in [5, 5.41) is 9.04. The van der Waals surface area contributed by atoms with Crippen LogP contribution in [0.25, 0.3) is 5.57 Å². The Balaban J connectivity index is 2.55. The van der Waals surface area contributed by atoms with E-state index in [9.17, 15) is 14.0 Å². The molecule has 1 heterocycles. The fraction of sp³-hybridized carbons (Fsp3) is 0.333. The number of aliphatic hydroxyl groups excluding tert-OH is 1. The van der Waals surface area contributed by atoms with Gasteiger partial charge >= 0.3 is 0 Å². The van der Waals surface area contributed by atoms with Gasteiger partial charge in [0.15, 0.2) is 0 Å². The summed E-state index contributed by atoms with van der Waals surface area (Å²) in [5.41, 5.74) is 0.978. The van der Waals surface area contributed by atoms with E-state index < -0.39 is 17.6 Å². The predicted molar refractivity (Wildman–Crippen MR) is 75.4 cm³/mol. The van der Waals surface area contributed by atoms with Crippen molar-refractivity contribution in [1.82, 2.24) is 9.80 Å². The molecule has 5 nitrogen and oxygen atoms in total. The Labute approximate surface area is 122 Å². The third-order valence-corrected chi connectivity index (χ3v) is 3.41. The maximum absolute atomic E-state index is 13.0. The van der Waals surface area contributed by atoms with Crippen LogP contribution in [0.15, 0.2) is 30.0 Å². The molecule has 112 valence electrons. The lowest BCUT2D eigenvalue weighted by atomic mass is 10.0. The highest BCUT2D eigenvalue weighted by Gasteiger charge is 2.39. The lowest BCUT2D eigenvalue weighted by Gasteiger charge is -2.19. The van der Waals surface area contributed by atoms with E-state index in [0.717, 1.165) is 4.90 Å². The van der Waals surface area contributed by atoms with Gasteiger partial charge in [0.1, 0.15) is 11.5 Å². The molecular weight excluding hydrogens is 275 g/mol. The van der Waals surface area contributed by atoms with Gasteiger partial charge in [-0.05, 0) is 24.6 Å². The molecule has 0 saturated carbocycles. The molecule has 1 aliphatic heterocycles. The minimum atomic E-state index is -0.409. The number of benzene rings is 1. The normalized spacial score (nSPS) is 15.1. The number of rotatable bonds is 5. The standard InChI is InChI=1S/C15H17FN2O3/c1-3-18-14(20)12(10-4-6-11(16)7-5-10)13(15(18)21)17(2)8-9-19/h4-7,19H,3,8-9H2,1-2H3. The van der Waals surface area contributed by atoms with E-state index in [0.29, 0.717) is 5.56 Å². The molecule has 1 aromatic rings. The Morgan fingerprint density at radius 2 is 1.81 bits per heavy atom. The zero-order valence-electron chi connectivity index (χ0n) is 12.0. The summed E-state index contributed by atoms with van der Waals surface area (Å²) in [7, 11) is 1.64. The molecule has 0 unspecified atom stereocenters. The molecule has 0 aromatic heterocycles. The highest BCUT2D eigenvalue weighted by atomic mass is 19.1. The summed E-state index contributed by atoms with van der Waals surface area (Å²) in [5.74, 6) is -1.19.